The highest BCUT2D eigenvalue weighted by molar-refractivity contribution is 6.58. The molecular formula is C9H11BF2O3. The Hall–Kier alpha value is -1.14. The molecule has 1 rings (SSSR count). The van der Waals surface area contributed by atoms with Gasteiger partial charge in [0.15, 0.2) is 17.4 Å². The molecule has 0 saturated carbocycles. The zero-order chi connectivity index (χ0) is 11.4. The van der Waals surface area contributed by atoms with Gasteiger partial charge in [-0.05, 0) is 12.5 Å². The zero-order valence-corrected chi connectivity index (χ0v) is 8.20. The molecule has 0 aromatic heterocycles. The van der Waals surface area contributed by atoms with E-state index in [1.807, 2.05) is 0 Å². The third-order valence-electron chi connectivity index (χ3n) is 1.81. The molecule has 1 aromatic carbocycles. The van der Waals surface area contributed by atoms with E-state index in [0.717, 1.165) is 12.1 Å². The Morgan fingerprint density at radius 1 is 1.33 bits per heavy atom. The zero-order valence-electron chi connectivity index (χ0n) is 8.20. The van der Waals surface area contributed by atoms with Gasteiger partial charge in [0.25, 0.3) is 0 Å². The molecule has 0 aliphatic rings. The van der Waals surface area contributed by atoms with Gasteiger partial charge in [0.05, 0.1) is 6.61 Å². The lowest BCUT2D eigenvalue weighted by molar-refractivity contribution is 0.285. The molecular weight excluding hydrogens is 205 g/mol. The molecule has 0 spiro atoms. The van der Waals surface area contributed by atoms with Crippen molar-refractivity contribution in [3.8, 4) is 5.75 Å². The highest BCUT2D eigenvalue weighted by atomic mass is 19.1. The molecule has 2 N–H and O–H groups in total. The monoisotopic (exact) mass is 216 g/mol. The number of halogens is 2. The fourth-order valence-corrected chi connectivity index (χ4v) is 1.08. The Labute approximate surface area is 86.5 Å². The van der Waals surface area contributed by atoms with Crippen molar-refractivity contribution in [1.82, 2.24) is 0 Å². The molecule has 0 radical (unpaired) electrons. The molecule has 0 aliphatic carbocycles. The van der Waals surface area contributed by atoms with Crippen LogP contribution in [0.1, 0.15) is 13.3 Å². The van der Waals surface area contributed by atoms with Crippen molar-refractivity contribution >= 4 is 12.6 Å². The maximum absolute atomic E-state index is 13.4. The topological polar surface area (TPSA) is 49.7 Å². The Bertz CT molecular complexity index is 344. The SMILES string of the molecule is CCCOc1c(F)ccc(B(O)O)c1F. The van der Waals surface area contributed by atoms with Crippen molar-refractivity contribution < 1.29 is 23.6 Å². The summed E-state index contributed by atoms with van der Waals surface area (Å²) in [6.07, 6.45) is 0.602. The van der Waals surface area contributed by atoms with Crippen LogP contribution >= 0.6 is 0 Å². The van der Waals surface area contributed by atoms with Crippen LogP contribution in [-0.4, -0.2) is 23.8 Å². The minimum absolute atomic E-state index is 0.165. The summed E-state index contributed by atoms with van der Waals surface area (Å²) in [5, 5.41) is 17.6. The summed E-state index contributed by atoms with van der Waals surface area (Å²) in [4.78, 5) is 0. The summed E-state index contributed by atoms with van der Waals surface area (Å²) in [6, 6.07) is 1.90. The molecule has 6 heteroatoms. The standard InChI is InChI=1S/C9H11BF2O3/c1-2-5-15-9-7(11)4-3-6(8(9)12)10(13)14/h3-4,13-14H,2,5H2,1H3. The number of benzene rings is 1. The van der Waals surface area contributed by atoms with Crippen LogP contribution in [0.5, 0.6) is 5.75 Å². The van der Waals surface area contributed by atoms with Crippen LogP contribution in [0, 0.1) is 11.6 Å². The van der Waals surface area contributed by atoms with E-state index in [-0.39, 0.29) is 6.61 Å². The van der Waals surface area contributed by atoms with Gasteiger partial charge in [-0.25, -0.2) is 8.78 Å². The number of rotatable bonds is 4. The minimum Gasteiger partial charge on any atom is -0.488 e. The molecule has 1 aromatic rings. The van der Waals surface area contributed by atoms with Crippen molar-refractivity contribution in [1.29, 1.82) is 0 Å². The van der Waals surface area contributed by atoms with Crippen LogP contribution in [0.15, 0.2) is 12.1 Å². The van der Waals surface area contributed by atoms with Crippen molar-refractivity contribution in [2.75, 3.05) is 6.61 Å². The predicted molar refractivity (Wildman–Crippen MR) is 52.0 cm³/mol. The Kier molecular flexibility index (Phi) is 4.05. The van der Waals surface area contributed by atoms with Gasteiger partial charge < -0.3 is 14.8 Å². The van der Waals surface area contributed by atoms with Gasteiger partial charge in [-0.15, -0.1) is 0 Å². The molecule has 15 heavy (non-hydrogen) atoms. The van der Waals surface area contributed by atoms with E-state index in [0.29, 0.717) is 6.42 Å². The molecule has 0 bridgehead atoms. The van der Waals surface area contributed by atoms with E-state index in [9.17, 15) is 8.78 Å². The van der Waals surface area contributed by atoms with Gasteiger partial charge in [0.2, 0.25) is 0 Å². The second-order valence-corrected chi connectivity index (χ2v) is 3.00. The number of ether oxygens (including phenoxy) is 1. The lowest BCUT2D eigenvalue weighted by Crippen LogP contribution is -2.33. The quantitative estimate of drug-likeness (QED) is 0.717. The molecule has 0 saturated heterocycles. The summed E-state index contributed by atoms with van der Waals surface area (Å²) >= 11 is 0. The van der Waals surface area contributed by atoms with E-state index in [1.54, 1.807) is 6.92 Å². The maximum Gasteiger partial charge on any atom is 0.491 e. The molecule has 3 nitrogen and oxygen atoms in total. The lowest BCUT2D eigenvalue weighted by Gasteiger charge is -2.09. The summed E-state index contributed by atoms with van der Waals surface area (Å²) in [5.41, 5.74) is -0.400. The second kappa shape index (κ2) is 5.09. The third kappa shape index (κ3) is 2.67. The van der Waals surface area contributed by atoms with Gasteiger partial charge in [0, 0.05) is 5.46 Å². The van der Waals surface area contributed by atoms with Gasteiger partial charge in [-0.1, -0.05) is 13.0 Å². The summed E-state index contributed by atoms with van der Waals surface area (Å²) < 4.78 is 31.3. The maximum atomic E-state index is 13.4. The van der Waals surface area contributed by atoms with Crippen molar-refractivity contribution in [2.24, 2.45) is 0 Å². The molecule has 0 amide bonds. The van der Waals surface area contributed by atoms with E-state index < -0.39 is 30.0 Å². The minimum atomic E-state index is -1.98. The normalized spacial score (nSPS) is 10.2. The summed E-state index contributed by atoms with van der Waals surface area (Å²) in [5.74, 6) is -2.49. The van der Waals surface area contributed by atoms with Crippen molar-refractivity contribution in [3.05, 3.63) is 23.8 Å². The highest BCUT2D eigenvalue weighted by Gasteiger charge is 2.22. The van der Waals surface area contributed by atoms with E-state index in [1.165, 1.54) is 0 Å². The first kappa shape index (κ1) is 11.9. The van der Waals surface area contributed by atoms with E-state index in [4.69, 9.17) is 14.8 Å². The highest BCUT2D eigenvalue weighted by Crippen LogP contribution is 2.19. The first-order chi connectivity index (χ1) is 7.07. The molecule has 0 aliphatic heterocycles. The molecule has 0 unspecified atom stereocenters. The van der Waals surface area contributed by atoms with Gasteiger partial charge >= 0.3 is 7.12 Å². The van der Waals surface area contributed by atoms with Crippen LogP contribution in [0.3, 0.4) is 0 Å². The van der Waals surface area contributed by atoms with Gasteiger partial charge in [0.1, 0.15) is 0 Å². The van der Waals surface area contributed by atoms with Crippen LogP contribution in [0.2, 0.25) is 0 Å². The lowest BCUT2D eigenvalue weighted by atomic mass is 9.80. The van der Waals surface area contributed by atoms with Crippen LogP contribution in [-0.2, 0) is 0 Å². The van der Waals surface area contributed by atoms with Crippen LogP contribution < -0.4 is 10.2 Å². The van der Waals surface area contributed by atoms with Crippen molar-refractivity contribution in [3.63, 3.8) is 0 Å². The molecule has 82 valence electrons. The average Bonchev–Trinajstić information content (AvgIpc) is 2.17. The number of hydrogen-bond acceptors (Lipinski definition) is 3. The molecule has 0 atom stereocenters. The van der Waals surface area contributed by atoms with E-state index >= 15 is 0 Å². The van der Waals surface area contributed by atoms with Gasteiger partial charge in [-0.2, -0.15) is 0 Å². The fourth-order valence-electron chi connectivity index (χ4n) is 1.08. The smallest absolute Gasteiger partial charge is 0.488 e. The fraction of sp³-hybridized carbons (Fsp3) is 0.333. The second-order valence-electron chi connectivity index (χ2n) is 3.00. The summed E-state index contributed by atoms with van der Waals surface area (Å²) in [6.45, 7) is 1.96. The Balaban J connectivity index is 3.06. The molecule has 0 fully saturated rings. The Morgan fingerprint density at radius 2 is 2.00 bits per heavy atom. The van der Waals surface area contributed by atoms with Crippen LogP contribution in [0.25, 0.3) is 0 Å². The number of hydrogen-bond donors (Lipinski definition) is 2. The average molecular weight is 216 g/mol. The van der Waals surface area contributed by atoms with E-state index in [2.05, 4.69) is 0 Å². The Morgan fingerprint density at radius 3 is 2.53 bits per heavy atom. The third-order valence-corrected chi connectivity index (χ3v) is 1.81. The first-order valence-corrected chi connectivity index (χ1v) is 4.54. The summed E-state index contributed by atoms with van der Waals surface area (Å²) in [7, 11) is -1.98. The predicted octanol–water partition coefficient (Wildman–Crippen LogP) is 0.433. The van der Waals surface area contributed by atoms with Crippen molar-refractivity contribution in [2.45, 2.75) is 13.3 Å². The first-order valence-electron chi connectivity index (χ1n) is 4.54. The molecule has 0 heterocycles. The van der Waals surface area contributed by atoms with Crippen LogP contribution in [0.4, 0.5) is 8.78 Å². The van der Waals surface area contributed by atoms with Gasteiger partial charge in [-0.3, -0.25) is 0 Å². The largest absolute Gasteiger partial charge is 0.491 e.